The third-order valence-corrected chi connectivity index (χ3v) is 5.58. The Balaban J connectivity index is 1.40. The summed E-state index contributed by atoms with van der Waals surface area (Å²) in [6.45, 7) is 1.83. The SMILES string of the molecule is Cc1cnccc1C(=O)Nc1cccc(C(=O)c2ccc3cnn(C=Cc4ccccn4)c3c2)c1. The Kier molecular flexibility index (Phi) is 5.96. The number of hydrogen-bond acceptors (Lipinski definition) is 5. The van der Waals surface area contributed by atoms with Gasteiger partial charge in [0.25, 0.3) is 5.91 Å². The van der Waals surface area contributed by atoms with Gasteiger partial charge in [0.2, 0.25) is 0 Å². The number of benzene rings is 2. The highest BCUT2D eigenvalue weighted by Crippen LogP contribution is 2.21. The molecule has 0 aliphatic rings. The van der Waals surface area contributed by atoms with Gasteiger partial charge in [-0.05, 0) is 55.0 Å². The maximum absolute atomic E-state index is 13.3. The van der Waals surface area contributed by atoms with Gasteiger partial charge in [-0.3, -0.25) is 19.6 Å². The van der Waals surface area contributed by atoms with Gasteiger partial charge in [-0.2, -0.15) is 5.10 Å². The molecule has 3 heterocycles. The van der Waals surface area contributed by atoms with Crippen LogP contribution in [0.4, 0.5) is 5.69 Å². The Morgan fingerprint density at radius 2 is 1.80 bits per heavy atom. The average Bonchev–Trinajstić information content (AvgIpc) is 3.30. The number of ketones is 1. The lowest BCUT2D eigenvalue weighted by Crippen LogP contribution is -2.14. The van der Waals surface area contributed by atoms with Crippen molar-refractivity contribution in [3.63, 3.8) is 0 Å². The lowest BCUT2D eigenvalue weighted by molar-refractivity contribution is 0.102. The second-order valence-electron chi connectivity index (χ2n) is 7.99. The van der Waals surface area contributed by atoms with E-state index in [1.54, 1.807) is 65.9 Å². The van der Waals surface area contributed by atoms with Crippen molar-refractivity contribution in [3.8, 4) is 0 Å². The molecular formula is C28H21N5O2. The number of aryl methyl sites for hydroxylation is 1. The van der Waals surface area contributed by atoms with Gasteiger partial charge in [-0.15, -0.1) is 0 Å². The lowest BCUT2D eigenvalue weighted by atomic mass is 10.0. The van der Waals surface area contributed by atoms with Crippen molar-refractivity contribution < 1.29 is 9.59 Å². The van der Waals surface area contributed by atoms with Crippen LogP contribution < -0.4 is 5.32 Å². The van der Waals surface area contributed by atoms with Gasteiger partial charge >= 0.3 is 0 Å². The van der Waals surface area contributed by atoms with Crippen LogP contribution in [0.1, 0.15) is 37.5 Å². The molecule has 0 aliphatic heterocycles. The molecule has 7 heteroatoms. The number of carbonyl (C=O) groups excluding carboxylic acids is 2. The Morgan fingerprint density at radius 3 is 2.63 bits per heavy atom. The fourth-order valence-corrected chi connectivity index (χ4v) is 3.75. The van der Waals surface area contributed by atoms with E-state index in [2.05, 4.69) is 20.4 Å². The van der Waals surface area contributed by atoms with Crippen LogP contribution in [0.2, 0.25) is 0 Å². The first-order valence-electron chi connectivity index (χ1n) is 11.0. The summed E-state index contributed by atoms with van der Waals surface area (Å²) in [6, 6.07) is 19.7. The van der Waals surface area contributed by atoms with E-state index < -0.39 is 0 Å². The highest BCUT2D eigenvalue weighted by Gasteiger charge is 2.14. The Morgan fingerprint density at radius 1 is 0.914 bits per heavy atom. The van der Waals surface area contributed by atoms with Gasteiger partial charge in [0.05, 0.1) is 17.4 Å². The Bertz CT molecular complexity index is 1570. The summed E-state index contributed by atoms with van der Waals surface area (Å²) in [5, 5.41) is 8.19. The number of amides is 1. The van der Waals surface area contributed by atoms with Crippen LogP contribution in [0.15, 0.2) is 91.5 Å². The highest BCUT2D eigenvalue weighted by molar-refractivity contribution is 6.12. The minimum atomic E-state index is -0.250. The topological polar surface area (TPSA) is 89.8 Å². The van der Waals surface area contributed by atoms with Crippen LogP contribution in [0, 0.1) is 6.92 Å². The molecule has 2 aromatic carbocycles. The van der Waals surface area contributed by atoms with Gasteiger partial charge < -0.3 is 5.32 Å². The third-order valence-electron chi connectivity index (χ3n) is 5.58. The maximum Gasteiger partial charge on any atom is 0.256 e. The highest BCUT2D eigenvalue weighted by atomic mass is 16.1. The standard InChI is InChI=1S/C28H21N5O2/c1-19-17-29-13-10-25(19)28(35)32-24-7-4-5-20(15-24)27(34)21-8-9-22-18-31-33(26(22)16-21)14-11-23-6-2-3-12-30-23/h2-18H,1H3,(H,32,35). The first-order valence-corrected chi connectivity index (χ1v) is 11.0. The van der Waals surface area contributed by atoms with E-state index in [0.717, 1.165) is 22.2 Å². The number of nitrogens with one attached hydrogen (secondary N) is 1. The first-order chi connectivity index (χ1) is 17.1. The lowest BCUT2D eigenvalue weighted by Gasteiger charge is -2.09. The third kappa shape index (κ3) is 4.74. The molecule has 0 radical (unpaired) electrons. The smallest absolute Gasteiger partial charge is 0.256 e. The molecule has 0 aliphatic carbocycles. The van der Waals surface area contributed by atoms with Gasteiger partial charge in [0.1, 0.15) is 0 Å². The molecule has 0 unspecified atom stereocenters. The average molecular weight is 460 g/mol. The van der Waals surface area contributed by atoms with E-state index >= 15 is 0 Å². The van der Waals surface area contributed by atoms with E-state index in [1.807, 2.05) is 49.5 Å². The van der Waals surface area contributed by atoms with Crippen LogP contribution >= 0.6 is 0 Å². The molecule has 0 spiro atoms. The molecule has 170 valence electrons. The van der Waals surface area contributed by atoms with Crippen molar-refractivity contribution >= 4 is 40.6 Å². The van der Waals surface area contributed by atoms with Crippen LogP contribution in [0.5, 0.6) is 0 Å². The van der Waals surface area contributed by atoms with Gasteiger partial charge in [0, 0.05) is 52.6 Å². The molecule has 0 saturated heterocycles. The summed E-state index contributed by atoms with van der Waals surface area (Å²) in [5.41, 5.74) is 4.47. The van der Waals surface area contributed by atoms with E-state index in [9.17, 15) is 9.59 Å². The van der Waals surface area contributed by atoms with Crippen LogP contribution in [0.25, 0.3) is 23.2 Å². The van der Waals surface area contributed by atoms with Crippen molar-refractivity contribution in [1.29, 1.82) is 0 Å². The number of nitrogens with zero attached hydrogens (tertiary/aromatic N) is 4. The zero-order valence-electron chi connectivity index (χ0n) is 18.9. The maximum atomic E-state index is 13.3. The summed E-state index contributed by atoms with van der Waals surface area (Å²) >= 11 is 0. The fraction of sp³-hybridized carbons (Fsp3) is 0.0357. The van der Waals surface area contributed by atoms with Crippen molar-refractivity contribution in [2.45, 2.75) is 6.92 Å². The van der Waals surface area contributed by atoms with Crippen molar-refractivity contribution in [2.75, 3.05) is 5.32 Å². The number of rotatable bonds is 6. The van der Waals surface area contributed by atoms with E-state index in [4.69, 9.17) is 0 Å². The van der Waals surface area contributed by atoms with Gasteiger partial charge in [0.15, 0.2) is 5.78 Å². The van der Waals surface area contributed by atoms with Crippen molar-refractivity contribution in [2.24, 2.45) is 0 Å². The number of fused-ring (bicyclic) bond motifs is 1. The van der Waals surface area contributed by atoms with E-state index in [0.29, 0.717) is 22.4 Å². The molecule has 0 saturated carbocycles. The predicted octanol–water partition coefficient (Wildman–Crippen LogP) is 5.25. The Labute approximate surface area is 201 Å². The molecule has 1 N–H and O–H groups in total. The normalized spacial score (nSPS) is 11.1. The van der Waals surface area contributed by atoms with Crippen LogP contribution in [0.3, 0.4) is 0 Å². The number of hydrogen-bond donors (Lipinski definition) is 1. The molecule has 3 aromatic heterocycles. The molecule has 35 heavy (non-hydrogen) atoms. The number of aromatic nitrogens is 4. The van der Waals surface area contributed by atoms with Gasteiger partial charge in [-0.25, -0.2) is 4.68 Å². The molecule has 0 bridgehead atoms. The molecule has 5 rings (SSSR count). The van der Waals surface area contributed by atoms with Crippen LogP contribution in [-0.2, 0) is 0 Å². The first kappa shape index (κ1) is 21.9. The molecular weight excluding hydrogens is 438 g/mol. The van der Waals surface area contributed by atoms with E-state index in [-0.39, 0.29) is 11.7 Å². The monoisotopic (exact) mass is 459 g/mol. The molecule has 5 aromatic rings. The minimum absolute atomic E-state index is 0.149. The number of anilines is 1. The number of carbonyl (C=O) groups is 2. The summed E-state index contributed by atoms with van der Waals surface area (Å²) < 4.78 is 1.72. The van der Waals surface area contributed by atoms with Crippen molar-refractivity contribution in [3.05, 3.63) is 119 Å². The molecule has 0 fully saturated rings. The summed E-state index contributed by atoms with van der Waals surface area (Å²) in [4.78, 5) is 34.2. The van der Waals surface area contributed by atoms with Crippen LogP contribution in [-0.4, -0.2) is 31.4 Å². The summed E-state index contributed by atoms with van der Waals surface area (Å²) in [5.74, 6) is -0.399. The zero-order chi connectivity index (χ0) is 24.2. The quantitative estimate of drug-likeness (QED) is 0.351. The number of pyridine rings is 2. The predicted molar refractivity (Wildman–Crippen MR) is 136 cm³/mol. The zero-order valence-corrected chi connectivity index (χ0v) is 18.9. The minimum Gasteiger partial charge on any atom is -0.322 e. The van der Waals surface area contributed by atoms with E-state index in [1.165, 1.54) is 0 Å². The summed E-state index contributed by atoms with van der Waals surface area (Å²) in [6.07, 6.45) is 10.4. The summed E-state index contributed by atoms with van der Waals surface area (Å²) in [7, 11) is 0. The van der Waals surface area contributed by atoms with Crippen molar-refractivity contribution in [1.82, 2.24) is 19.7 Å². The van der Waals surface area contributed by atoms with Gasteiger partial charge in [-0.1, -0.05) is 30.3 Å². The Hall–Kier alpha value is -4.91. The fourth-order valence-electron chi connectivity index (χ4n) is 3.75. The second kappa shape index (κ2) is 9.52. The largest absolute Gasteiger partial charge is 0.322 e. The molecule has 7 nitrogen and oxygen atoms in total. The second-order valence-corrected chi connectivity index (χ2v) is 7.99. The molecule has 1 amide bonds. The molecule has 0 atom stereocenters.